The zero-order valence-electron chi connectivity index (χ0n) is 14.3. The van der Waals surface area contributed by atoms with Gasteiger partial charge in [-0.2, -0.15) is 0 Å². The number of aromatic amines is 1. The summed E-state index contributed by atoms with van der Waals surface area (Å²) in [5.74, 6) is -0.353. The molecule has 1 aliphatic carbocycles. The lowest BCUT2D eigenvalue weighted by Crippen LogP contribution is -2.46. The van der Waals surface area contributed by atoms with Gasteiger partial charge in [-0.05, 0) is 13.1 Å². The molecule has 26 heavy (non-hydrogen) atoms. The van der Waals surface area contributed by atoms with Crippen LogP contribution in [0.15, 0.2) is 36.4 Å². The Morgan fingerprint density at radius 3 is 2.69 bits per heavy atom. The monoisotopic (exact) mass is 347 g/mol. The van der Waals surface area contributed by atoms with E-state index in [-0.39, 0.29) is 17.3 Å². The second-order valence-electron chi connectivity index (χ2n) is 6.83. The van der Waals surface area contributed by atoms with Gasteiger partial charge < -0.3 is 14.8 Å². The van der Waals surface area contributed by atoms with Crippen LogP contribution in [0.3, 0.4) is 0 Å². The van der Waals surface area contributed by atoms with Crippen molar-refractivity contribution in [3.63, 3.8) is 0 Å². The summed E-state index contributed by atoms with van der Waals surface area (Å²) in [5.41, 5.74) is 2.59. The number of H-pyrrole nitrogens is 1. The predicted molar refractivity (Wildman–Crippen MR) is 97.2 cm³/mol. The van der Waals surface area contributed by atoms with Gasteiger partial charge in [-0.1, -0.05) is 0 Å². The minimum atomic E-state index is -0.178. The molecule has 0 saturated carbocycles. The standard InChI is InChI=1S/C19H17N5O2/c1-23-4-6-24(7-5-23)14-8-15(25)16-17-12(10-21-18(16)19(14)26)11-9-20-3-2-13(11)22-17/h2-3,8-10,22H,4-7H2,1H3. The molecule has 0 radical (unpaired) electrons. The van der Waals surface area contributed by atoms with Crippen LogP contribution in [0, 0.1) is 0 Å². The SMILES string of the molecule is CN1CCN(C2=CC(=O)c3c(ncc4c3[nH]c3ccncc34)C2=O)CC1. The fraction of sp³-hybridized carbons (Fsp3) is 0.263. The second-order valence-corrected chi connectivity index (χ2v) is 6.83. The van der Waals surface area contributed by atoms with Crippen molar-refractivity contribution in [1.82, 2.24) is 24.8 Å². The molecule has 7 nitrogen and oxygen atoms in total. The number of likely N-dealkylation sites (N-methyl/N-ethyl adjacent to an activating group) is 1. The number of ketones is 2. The Balaban J connectivity index is 1.65. The summed E-state index contributed by atoms with van der Waals surface area (Å²) in [6, 6.07) is 1.85. The number of Topliss-reactive ketones (excluding diaryl/α,β-unsaturated/α-hetero) is 1. The number of pyridine rings is 2. The number of hydrogen-bond donors (Lipinski definition) is 1. The van der Waals surface area contributed by atoms with Gasteiger partial charge in [0.25, 0.3) is 0 Å². The Labute approximate surface area is 149 Å². The van der Waals surface area contributed by atoms with Crippen molar-refractivity contribution in [3.05, 3.63) is 47.7 Å². The lowest BCUT2D eigenvalue weighted by atomic mass is 9.94. The number of nitrogens with zero attached hydrogens (tertiary/aromatic N) is 4. The Morgan fingerprint density at radius 2 is 1.88 bits per heavy atom. The van der Waals surface area contributed by atoms with Gasteiger partial charge in [0.1, 0.15) is 5.69 Å². The van der Waals surface area contributed by atoms with E-state index in [9.17, 15) is 9.59 Å². The summed E-state index contributed by atoms with van der Waals surface area (Å²) < 4.78 is 0. The van der Waals surface area contributed by atoms with Crippen molar-refractivity contribution in [2.75, 3.05) is 33.2 Å². The van der Waals surface area contributed by atoms with Gasteiger partial charge in [0.05, 0.1) is 16.8 Å². The molecule has 1 aliphatic heterocycles. The van der Waals surface area contributed by atoms with Crippen molar-refractivity contribution in [2.45, 2.75) is 0 Å². The van der Waals surface area contributed by atoms with E-state index in [2.05, 4.69) is 26.9 Å². The van der Waals surface area contributed by atoms with Crippen LogP contribution < -0.4 is 0 Å². The van der Waals surface area contributed by atoms with Gasteiger partial charge >= 0.3 is 0 Å². The van der Waals surface area contributed by atoms with E-state index >= 15 is 0 Å². The highest BCUT2D eigenvalue weighted by molar-refractivity contribution is 6.28. The topological polar surface area (TPSA) is 82.2 Å². The highest BCUT2D eigenvalue weighted by atomic mass is 16.1. The lowest BCUT2D eigenvalue weighted by Gasteiger charge is -2.35. The average molecular weight is 347 g/mol. The van der Waals surface area contributed by atoms with Crippen LogP contribution in [0.1, 0.15) is 20.8 Å². The summed E-state index contributed by atoms with van der Waals surface area (Å²) in [5, 5.41) is 1.70. The molecule has 3 aromatic rings. The Hall–Kier alpha value is -3.06. The van der Waals surface area contributed by atoms with Gasteiger partial charge in [-0.15, -0.1) is 0 Å². The maximum atomic E-state index is 13.0. The fourth-order valence-corrected chi connectivity index (χ4v) is 3.78. The van der Waals surface area contributed by atoms with Gasteiger partial charge in [-0.25, -0.2) is 0 Å². The number of fused-ring (bicyclic) bond motifs is 5. The van der Waals surface area contributed by atoms with Crippen molar-refractivity contribution >= 4 is 33.4 Å². The minimum absolute atomic E-state index is 0.175. The number of aromatic nitrogens is 3. The number of rotatable bonds is 1. The van der Waals surface area contributed by atoms with Crippen LogP contribution in [0.25, 0.3) is 21.8 Å². The fourth-order valence-electron chi connectivity index (χ4n) is 3.78. The molecule has 0 amide bonds. The van der Waals surface area contributed by atoms with Crippen molar-refractivity contribution in [1.29, 1.82) is 0 Å². The van der Waals surface area contributed by atoms with Crippen LogP contribution in [0.4, 0.5) is 0 Å². The van der Waals surface area contributed by atoms with Crippen LogP contribution in [-0.4, -0.2) is 69.5 Å². The van der Waals surface area contributed by atoms with Crippen LogP contribution in [0.2, 0.25) is 0 Å². The second kappa shape index (κ2) is 5.47. The van der Waals surface area contributed by atoms with E-state index in [0.29, 0.717) is 16.8 Å². The van der Waals surface area contributed by atoms with E-state index in [1.54, 1.807) is 18.6 Å². The van der Waals surface area contributed by atoms with Gasteiger partial charge in [0.15, 0.2) is 5.78 Å². The molecular formula is C19H17N5O2. The lowest BCUT2D eigenvalue weighted by molar-refractivity contribution is 0.0922. The molecule has 0 unspecified atom stereocenters. The van der Waals surface area contributed by atoms with Crippen LogP contribution in [-0.2, 0) is 0 Å². The first-order chi connectivity index (χ1) is 12.6. The highest BCUT2D eigenvalue weighted by Gasteiger charge is 2.33. The van der Waals surface area contributed by atoms with Crippen molar-refractivity contribution in [3.8, 4) is 0 Å². The van der Waals surface area contributed by atoms with Crippen LogP contribution >= 0.6 is 0 Å². The summed E-state index contributed by atoms with van der Waals surface area (Å²) in [7, 11) is 2.05. The average Bonchev–Trinajstić information content (AvgIpc) is 3.03. The first kappa shape index (κ1) is 15.2. The largest absolute Gasteiger partial charge is 0.366 e. The molecule has 7 heteroatoms. The van der Waals surface area contributed by atoms with E-state index in [1.807, 2.05) is 11.0 Å². The maximum Gasteiger partial charge on any atom is 0.228 e. The first-order valence-electron chi connectivity index (χ1n) is 8.62. The highest BCUT2D eigenvalue weighted by Crippen LogP contribution is 2.32. The molecule has 1 N–H and O–H groups in total. The summed E-state index contributed by atoms with van der Waals surface area (Å²) >= 11 is 0. The zero-order chi connectivity index (χ0) is 17.8. The quantitative estimate of drug-likeness (QED) is 0.720. The molecule has 0 atom stereocenters. The summed E-state index contributed by atoms with van der Waals surface area (Å²) in [6.45, 7) is 3.20. The van der Waals surface area contributed by atoms with E-state index in [0.717, 1.165) is 42.5 Å². The molecular weight excluding hydrogens is 330 g/mol. The van der Waals surface area contributed by atoms with Crippen molar-refractivity contribution in [2.24, 2.45) is 0 Å². The van der Waals surface area contributed by atoms with Gasteiger partial charge in [-0.3, -0.25) is 19.6 Å². The van der Waals surface area contributed by atoms with Gasteiger partial charge in [0, 0.05) is 67.1 Å². The van der Waals surface area contributed by atoms with Crippen molar-refractivity contribution < 1.29 is 9.59 Å². The number of piperazine rings is 1. The molecule has 0 bridgehead atoms. The normalized spacial score (nSPS) is 18.5. The molecule has 5 rings (SSSR count). The molecule has 4 heterocycles. The number of carbonyl (C=O) groups is 2. The number of hydrogen-bond acceptors (Lipinski definition) is 6. The smallest absolute Gasteiger partial charge is 0.228 e. The zero-order valence-corrected chi connectivity index (χ0v) is 14.3. The minimum Gasteiger partial charge on any atom is -0.366 e. The van der Waals surface area contributed by atoms with E-state index < -0.39 is 0 Å². The third-order valence-corrected chi connectivity index (χ3v) is 5.26. The summed E-state index contributed by atoms with van der Waals surface area (Å²) in [6.07, 6.45) is 6.56. The molecule has 0 aromatic carbocycles. The molecule has 3 aromatic heterocycles. The number of carbonyl (C=O) groups excluding carboxylic acids is 2. The first-order valence-corrected chi connectivity index (χ1v) is 8.62. The van der Waals surface area contributed by atoms with E-state index in [4.69, 9.17) is 0 Å². The predicted octanol–water partition coefficient (Wildman–Crippen LogP) is 1.62. The molecule has 2 aliphatic rings. The Kier molecular flexibility index (Phi) is 3.20. The molecule has 0 spiro atoms. The Morgan fingerprint density at radius 1 is 1.08 bits per heavy atom. The molecule has 130 valence electrons. The number of allylic oxidation sites excluding steroid dienone is 2. The van der Waals surface area contributed by atoms with Gasteiger partial charge in [0.2, 0.25) is 5.78 Å². The maximum absolute atomic E-state index is 13.0. The molecule has 1 saturated heterocycles. The summed E-state index contributed by atoms with van der Waals surface area (Å²) in [4.78, 5) is 41.9. The molecule has 1 fully saturated rings. The van der Waals surface area contributed by atoms with Crippen LogP contribution in [0.5, 0.6) is 0 Å². The van der Waals surface area contributed by atoms with E-state index in [1.165, 1.54) is 6.08 Å². The third kappa shape index (κ3) is 2.10. The Bertz CT molecular complexity index is 1110. The number of nitrogens with one attached hydrogen (secondary N) is 1. The third-order valence-electron chi connectivity index (χ3n) is 5.26.